The average molecular weight is 353 g/mol. The van der Waals surface area contributed by atoms with Crippen molar-refractivity contribution in [2.75, 3.05) is 38.5 Å². The van der Waals surface area contributed by atoms with Crippen LogP contribution in [0.15, 0.2) is 35.3 Å². The fourth-order valence-electron chi connectivity index (χ4n) is 2.70. The Hall–Kier alpha value is -1.60. The summed E-state index contributed by atoms with van der Waals surface area (Å²) in [5.41, 5.74) is 1.26. The van der Waals surface area contributed by atoms with E-state index >= 15 is 0 Å². The van der Waals surface area contributed by atoms with Gasteiger partial charge in [0.25, 0.3) is 0 Å². The van der Waals surface area contributed by atoms with E-state index < -0.39 is 10.0 Å². The molecule has 0 aromatic heterocycles. The molecule has 1 aliphatic rings. The standard InChI is InChI=1S/C17H28N4O2S/c1-3-18-17(19-10-12-21-11-7-13-24(21,22)23)20-14-15(2)16-8-5-4-6-9-16/h4-6,8-9,15H,3,7,10-14H2,1-2H3,(H2,18,19,20). The van der Waals surface area contributed by atoms with Crippen LogP contribution < -0.4 is 10.6 Å². The Balaban J connectivity index is 1.84. The van der Waals surface area contributed by atoms with Gasteiger partial charge in [0.1, 0.15) is 0 Å². The zero-order valence-corrected chi connectivity index (χ0v) is 15.3. The van der Waals surface area contributed by atoms with Crippen LogP contribution in [-0.4, -0.2) is 57.2 Å². The van der Waals surface area contributed by atoms with Crippen LogP contribution in [0.5, 0.6) is 0 Å². The second-order valence-electron chi connectivity index (χ2n) is 6.03. The van der Waals surface area contributed by atoms with Crippen LogP contribution in [0, 0.1) is 0 Å². The van der Waals surface area contributed by atoms with Crippen LogP contribution in [0.25, 0.3) is 0 Å². The third-order valence-electron chi connectivity index (χ3n) is 4.09. The lowest BCUT2D eigenvalue weighted by atomic mass is 10.0. The molecule has 1 aliphatic heterocycles. The van der Waals surface area contributed by atoms with Gasteiger partial charge in [-0.05, 0) is 18.9 Å². The van der Waals surface area contributed by atoms with Gasteiger partial charge < -0.3 is 10.6 Å². The second kappa shape index (κ2) is 9.03. The number of benzene rings is 1. The van der Waals surface area contributed by atoms with E-state index in [0.29, 0.717) is 32.1 Å². The van der Waals surface area contributed by atoms with Crippen molar-refractivity contribution >= 4 is 16.0 Å². The van der Waals surface area contributed by atoms with Crippen molar-refractivity contribution in [1.82, 2.24) is 14.9 Å². The minimum Gasteiger partial charge on any atom is -0.357 e. The molecule has 7 heteroatoms. The molecule has 1 unspecified atom stereocenters. The molecule has 1 aromatic rings. The Labute approximate surface area is 145 Å². The van der Waals surface area contributed by atoms with Crippen molar-refractivity contribution in [2.45, 2.75) is 26.2 Å². The van der Waals surface area contributed by atoms with Crippen molar-refractivity contribution in [1.29, 1.82) is 0 Å². The molecule has 24 heavy (non-hydrogen) atoms. The Bertz CT molecular complexity index is 631. The zero-order valence-electron chi connectivity index (χ0n) is 14.5. The Morgan fingerprint density at radius 1 is 1.29 bits per heavy atom. The number of rotatable bonds is 7. The van der Waals surface area contributed by atoms with Gasteiger partial charge in [-0.3, -0.25) is 4.99 Å². The number of hydrogen-bond donors (Lipinski definition) is 2. The van der Waals surface area contributed by atoms with Gasteiger partial charge in [0.05, 0.1) is 5.75 Å². The van der Waals surface area contributed by atoms with E-state index in [-0.39, 0.29) is 5.75 Å². The van der Waals surface area contributed by atoms with Gasteiger partial charge in [-0.1, -0.05) is 37.3 Å². The highest BCUT2D eigenvalue weighted by atomic mass is 32.2. The van der Waals surface area contributed by atoms with E-state index in [1.54, 1.807) is 4.31 Å². The lowest BCUT2D eigenvalue weighted by Gasteiger charge is -2.17. The highest BCUT2D eigenvalue weighted by Gasteiger charge is 2.27. The first-order valence-electron chi connectivity index (χ1n) is 8.58. The first-order valence-corrected chi connectivity index (χ1v) is 10.2. The predicted octanol–water partition coefficient (Wildman–Crippen LogP) is 1.38. The minimum absolute atomic E-state index is 0.274. The molecule has 1 saturated heterocycles. The SMILES string of the molecule is CCNC(=NCC(C)c1ccccc1)NCCN1CCCS1(=O)=O. The van der Waals surface area contributed by atoms with Gasteiger partial charge in [0, 0.05) is 38.6 Å². The largest absolute Gasteiger partial charge is 0.357 e. The molecule has 1 heterocycles. The molecule has 1 fully saturated rings. The Morgan fingerprint density at radius 3 is 2.67 bits per heavy atom. The van der Waals surface area contributed by atoms with Crippen molar-refractivity contribution < 1.29 is 8.42 Å². The highest BCUT2D eigenvalue weighted by Crippen LogP contribution is 2.14. The molecule has 0 saturated carbocycles. The van der Waals surface area contributed by atoms with E-state index in [0.717, 1.165) is 18.9 Å². The highest BCUT2D eigenvalue weighted by molar-refractivity contribution is 7.89. The average Bonchev–Trinajstić information content (AvgIpc) is 2.91. The maximum atomic E-state index is 11.8. The first kappa shape index (κ1) is 18.7. The molecule has 1 atom stereocenters. The summed E-state index contributed by atoms with van der Waals surface area (Å²) in [5, 5.41) is 6.43. The van der Waals surface area contributed by atoms with E-state index in [2.05, 4.69) is 34.7 Å². The molecular weight excluding hydrogens is 324 g/mol. The maximum absolute atomic E-state index is 11.8. The summed E-state index contributed by atoms with van der Waals surface area (Å²) < 4.78 is 25.1. The molecule has 134 valence electrons. The lowest BCUT2D eigenvalue weighted by molar-refractivity contribution is 0.445. The number of aliphatic imine (C=N–C) groups is 1. The number of nitrogens with one attached hydrogen (secondary N) is 2. The van der Waals surface area contributed by atoms with E-state index in [1.165, 1.54) is 5.56 Å². The van der Waals surface area contributed by atoms with Crippen LogP contribution >= 0.6 is 0 Å². The fourth-order valence-corrected chi connectivity index (χ4v) is 4.23. The molecule has 0 aliphatic carbocycles. The fraction of sp³-hybridized carbons (Fsp3) is 0.588. The summed E-state index contributed by atoms with van der Waals surface area (Å²) in [5.74, 6) is 1.34. The van der Waals surface area contributed by atoms with Gasteiger partial charge >= 0.3 is 0 Å². The van der Waals surface area contributed by atoms with Crippen molar-refractivity contribution in [2.24, 2.45) is 4.99 Å². The van der Waals surface area contributed by atoms with Crippen LogP contribution in [-0.2, 0) is 10.0 Å². The monoisotopic (exact) mass is 352 g/mol. The van der Waals surface area contributed by atoms with Gasteiger partial charge in [-0.15, -0.1) is 0 Å². The topological polar surface area (TPSA) is 73.8 Å². The number of nitrogens with zero attached hydrogens (tertiary/aromatic N) is 2. The third-order valence-corrected chi connectivity index (χ3v) is 6.05. The van der Waals surface area contributed by atoms with Crippen LogP contribution in [0.1, 0.15) is 31.7 Å². The lowest BCUT2D eigenvalue weighted by Crippen LogP contribution is -2.42. The molecular formula is C17H28N4O2S. The summed E-state index contributed by atoms with van der Waals surface area (Å²) in [4.78, 5) is 4.62. The molecule has 1 aromatic carbocycles. The smallest absolute Gasteiger partial charge is 0.214 e. The van der Waals surface area contributed by atoms with Crippen LogP contribution in [0.4, 0.5) is 0 Å². The van der Waals surface area contributed by atoms with Crippen molar-refractivity contribution in [3.05, 3.63) is 35.9 Å². The van der Waals surface area contributed by atoms with E-state index in [9.17, 15) is 8.42 Å². The third kappa shape index (κ3) is 5.49. The normalized spacial score (nSPS) is 19.2. The molecule has 0 radical (unpaired) electrons. The van der Waals surface area contributed by atoms with E-state index in [1.807, 2.05) is 25.1 Å². The summed E-state index contributed by atoms with van der Waals surface area (Å²) in [6, 6.07) is 10.3. The summed E-state index contributed by atoms with van der Waals surface area (Å²) in [6.07, 6.45) is 0.727. The van der Waals surface area contributed by atoms with Crippen LogP contribution in [0.3, 0.4) is 0 Å². The summed E-state index contributed by atoms with van der Waals surface area (Å²) in [7, 11) is -3.03. The molecule has 0 bridgehead atoms. The predicted molar refractivity (Wildman–Crippen MR) is 98.8 cm³/mol. The maximum Gasteiger partial charge on any atom is 0.214 e. The minimum atomic E-state index is -3.03. The number of hydrogen-bond acceptors (Lipinski definition) is 3. The summed E-state index contributed by atoms with van der Waals surface area (Å²) >= 11 is 0. The van der Waals surface area contributed by atoms with Gasteiger partial charge in [-0.2, -0.15) is 0 Å². The molecule has 0 spiro atoms. The van der Waals surface area contributed by atoms with Crippen molar-refractivity contribution in [3.8, 4) is 0 Å². The number of guanidine groups is 1. The first-order chi connectivity index (χ1) is 11.5. The quantitative estimate of drug-likeness (QED) is 0.574. The zero-order chi connectivity index (χ0) is 17.4. The Morgan fingerprint density at radius 2 is 2.04 bits per heavy atom. The van der Waals surface area contributed by atoms with Gasteiger partial charge in [0.15, 0.2) is 5.96 Å². The summed E-state index contributed by atoms with van der Waals surface area (Å²) in [6.45, 7) is 7.30. The molecule has 2 N–H and O–H groups in total. The van der Waals surface area contributed by atoms with Gasteiger partial charge in [-0.25, -0.2) is 12.7 Å². The number of sulfonamides is 1. The molecule has 0 amide bonds. The Kier molecular flexibility index (Phi) is 7.05. The molecule has 2 rings (SSSR count). The van der Waals surface area contributed by atoms with Crippen molar-refractivity contribution in [3.63, 3.8) is 0 Å². The van der Waals surface area contributed by atoms with Gasteiger partial charge in [0.2, 0.25) is 10.0 Å². The molecule has 6 nitrogen and oxygen atoms in total. The van der Waals surface area contributed by atoms with E-state index in [4.69, 9.17) is 0 Å². The van der Waals surface area contributed by atoms with Crippen LogP contribution in [0.2, 0.25) is 0 Å². The second-order valence-corrected chi connectivity index (χ2v) is 8.12.